The highest BCUT2D eigenvalue weighted by Crippen LogP contribution is 2.30. The molecular formula is C26H17F4N5O. The van der Waals surface area contributed by atoms with Gasteiger partial charge in [-0.25, -0.2) is 14.4 Å². The number of imidazole rings is 1. The maximum Gasteiger partial charge on any atom is 0.416 e. The fourth-order valence-corrected chi connectivity index (χ4v) is 3.77. The van der Waals surface area contributed by atoms with Crippen LogP contribution in [0.4, 0.5) is 23.4 Å². The first kappa shape index (κ1) is 23.2. The van der Waals surface area contributed by atoms with E-state index < -0.39 is 23.5 Å². The zero-order valence-corrected chi connectivity index (χ0v) is 18.5. The van der Waals surface area contributed by atoms with Crippen LogP contribution in [-0.2, 0) is 17.4 Å². The number of amides is 1. The Morgan fingerprint density at radius 3 is 2.53 bits per heavy atom. The van der Waals surface area contributed by atoms with Crippen molar-refractivity contribution in [3.63, 3.8) is 0 Å². The zero-order chi connectivity index (χ0) is 25.3. The lowest BCUT2D eigenvalue weighted by atomic mass is 10.1. The third kappa shape index (κ3) is 4.78. The molecule has 1 aromatic carbocycles. The number of nitrogens with one attached hydrogen (secondary N) is 1. The molecule has 0 bridgehead atoms. The summed E-state index contributed by atoms with van der Waals surface area (Å²) in [5.41, 5.74) is 2.71. The van der Waals surface area contributed by atoms with Gasteiger partial charge < -0.3 is 5.32 Å². The molecule has 6 nitrogen and oxygen atoms in total. The van der Waals surface area contributed by atoms with Gasteiger partial charge in [0.2, 0.25) is 5.91 Å². The van der Waals surface area contributed by atoms with E-state index in [4.69, 9.17) is 0 Å². The minimum Gasteiger partial charge on any atom is -0.310 e. The smallest absolute Gasteiger partial charge is 0.310 e. The van der Waals surface area contributed by atoms with E-state index in [1.165, 1.54) is 12.1 Å². The Hall–Kier alpha value is -4.60. The molecule has 36 heavy (non-hydrogen) atoms. The summed E-state index contributed by atoms with van der Waals surface area (Å²) in [5.74, 6) is -1.58. The number of hydrogen-bond acceptors (Lipinski definition) is 4. The molecule has 4 aromatic heterocycles. The number of nitrogens with zero attached hydrogens (tertiary/aromatic N) is 4. The molecule has 10 heteroatoms. The van der Waals surface area contributed by atoms with Gasteiger partial charge in [0.25, 0.3) is 0 Å². The summed E-state index contributed by atoms with van der Waals surface area (Å²) >= 11 is 0. The standard InChI is InChI=1S/C26H17F4N5O/c27-20-11-18(22-15-33-24-12-17(7-10-35(22)24)21-3-1-2-8-31-21)5-4-16(20)13-25(36)34-23-14-19(6-9-32-23)26(28,29)30/h1-12,14-15H,13H2,(H,32,34,36). The summed E-state index contributed by atoms with van der Waals surface area (Å²) < 4.78 is 55.2. The molecule has 4 heterocycles. The fraction of sp³-hybridized carbons (Fsp3) is 0.0769. The predicted molar refractivity (Wildman–Crippen MR) is 125 cm³/mol. The van der Waals surface area contributed by atoms with Gasteiger partial charge in [-0.05, 0) is 48.0 Å². The first-order valence-corrected chi connectivity index (χ1v) is 10.8. The van der Waals surface area contributed by atoms with Gasteiger partial charge >= 0.3 is 6.18 Å². The van der Waals surface area contributed by atoms with Crippen molar-refractivity contribution in [1.82, 2.24) is 19.4 Å². The highest BCUT2D eigenvalue weighted by atomic mass is 19.4. The third-order valence-corrected chi connectivity index (χ3v) is 5.53. The molecule has 180 valence electrons. The van der Waals surface area contributed by atoms with Crippen molar-refractivity contribution in [2.75, 3.05) is 5.32 Å². The van der Waals surface area contributed by atoms with E-state index in [0.717, 1.165) is 29.6 Å². The van der Waals surface area contributed by atoms with Crippen molar-refractivity contribution < 1.29 is 22.4 Å². The summed E-state index contributed by atoms with van der Waals surface area (Å²) in [5, 5.41) is 2.28. The van der Waals surface area contributed by atoms with Gasteiger partial charge in [-0.2, -0.15) is 13.2 Å². The molecule has 0 radical (unpaired) electrons. The van der Waals surface area contributed by atoms with Crippen LogP contribution in [0.3, 0.4) is 0 Å². The summed E-state index contributed by atoms with van der Waals surface area (Å²) in [7, 11) is 0. The van der Waals surface area contributed by atoms with Crippen molar-refractivity contribution in [2.24, 2.45) is 0 Å². The van der Waals surface area contributed by atoms with Crippen molar-refractivity contribution in [2.45, 2.75) is 12.6 Å². The molecule has 0 aliphatic rings. The van der Waals surface area contributed by atoms with E-state index in [2.05, 4.69) is 20.3 Å². The second-order valence-corrected chi connectivity index (χ2v) is 7.96. The van der Waals surface area contributed by atoms with Crippen LogP contribution in [0.25, 0.3) is 28.2 Å². The molecular weight excluding hydrogens is 474 g/mol. The molecule has 1 N–H and O–H groups in total. The zero-order valence-electron chi connectivity index (χ0n) is 18.5. The molecule has 0 atom stereocenters. The van der Waals surface area contributed by atoms with Crippen molar-refractivity contribution in [1.29, 1.82) is 0 Å². The second-order valence-electron chi connectivity index (χ2n) is 7.96. The number of aromatic nitrogens is 4. The van der Waals surface area contributed by atoms with Crippen LogP contribution in [0.15, 0.2) is 85.5 Å². The lowest BCUT2D eigenvalue weighted by molar-refractivity contribution is -0.137. The predicted octanol–water partition coefficient (Wildman–Crippen LogP) is 5.80. The summed E-state index contributed by atoms with van der Waals surface area (Å²) in [6.07, 6.45) is 1.16. The SMILES string of the molecule is O=C(Cc1ccc(-c2cnc3cc(-c4ccccn4)ccn23)cc1F)Nc1cc(C(F)(F)F)ccn1. The summed E-state index contributed by atoms with van der Waals surface area (Å²) in [4.78, 5) is 24.8. The number of hydrogen-bond donors (Lipinski definition) is 1. The molecule has 0 aliphatic heterocycles. The Kier molecular flexibility index (Phi) is 5.93. The quantitative estimate of drug-likeness (QED) is 0.316. The number of rotatable bonds is 5. The van der Waals surface area contributed by atoms with Gasteiger partial charge in [0.1, 0.15) is 17.3 Å². The number of pyridine rings is 3. The van der Waals surface area contributed by atoms with Crippen LogP contribution >= 0.6 is 0 Å². The Balaban J connectivity index is 1.34. The number of carbonyl (C=O) groups is 1. The van der Waals surface area contributed by atoms with Crippen molar-refractivity contribution in [3.05, 3.63) is 102 Å². The molecule has 5 rings (SSSR count). The van der Waals surface area contributed by atoms with Crippen LogP contribution in [-0.4, -0.2) is 25.3 Å². The van der Waals surface area contributed by atoms with Gasteiger partial charge in [0, 0.05) is 29.7 Å². The number of carbonyl (C=O) groups excluding carboxylic acids is 1. The Bertz CT molecular complexity index is 1560. The Morgan fingerprint density at radius 2 is 1.78 bits per heavy atom. The first-order chi connectivity index (χ1) is 17.3. The lowest BCUT2D eigenvalue weighted by Crippen LogP contribution is -2.17. The topological polar surface area (TPSA) is 72.2 Å². The highest BCUT2D eigenvalue weighted by molar-refractivity contribution is 5.91. The number of benzene rings is 1. The minimum absolute atomic E-state index is 0.0921. The van der Waals surface area contributed by atoms with E-state index in [1.54, 1.807) is 18.5 Å². The minimum atomic E-state index is -4.57. The van der Waals surface area contributed by atoms with Gasteiger partial charge in [-0.3, -0.25) is 14.2 Å². The molecule has 0 saturated heterocycles. The van der Waals surface area contributed by atoms with E-state index in [-0.39, 0.29) is 17.8 Å². The lowest BCUT2D eigenvalue weighted by Gasteiger charge is -2.10. The monoisotopic (exact) mass is 491 g/mol. The number of alkyl halides is 3. The van der Waals surface area contributed by atoms with E-state index in [9.17, 15) is 22.4 Å². The van der Waals surface area contributed by atoms with Crippen LogP contribution in [0.5, 0.6) is 0 Å². The van der Waals surface area contributed by atoms with Crippen LogP contribution in [0, 0.1) is 5.82 Å². The van der Waals surface area contributed by atoms with Gasteiger partial charge in [0.05, 0.1) is 29.6 Å². The molecule has 0 spiro atoms. The van der Waals surface area contributed by atoms with Crippen LogP contribution in [0.2, 0.25) is 0 Å². The number of halogens is 4. The number of fused-ring (bicyclic) bond motifs is 1. The van der Waals surface area contributed by atoms with E-state index >= 15 is 0 Å². The van der Waals surface area contributed by atoms with Crippen LogP contribution < -0.4 is 5.32 Å². The molecule has 0 unspecified atom stereocenters. The maximum absolute atomic E-state index is 14.9. The Labute approximate surface area is 202 Å². The van der Waals surface area contributed by atoms with Crippen molar-refractivity contribution >= 4 is 17.4 Å². The van der Waals surface area contributed by atoms with E-state index in [0.29, 0.717) is 16.9 Å². The van der Waals surface area contributed by atoms with Gasteiger partial charge in [0.15, 0.2) is 0 Å². The first-order valence-electron chi connectivity index (χ1n) is 10.8. The number of anilines is 1. The average Bonchev–Trinajstić information content (AvgIpc) is 3.29. The maximum atomic E-state index is 14.9. The molecule has 0 fully saturated rings. The van der Waals surface area contributed by atoms with Gasteiger partial charge in [-0.1, -0.05) is 18.2 Å². The van der Waals surface area contributed by atoms with Crippen molar-refractivity contribution in [3.8, 4) is 22.5 Å². The average molecular weight is 491 g/mol. The molecule has 0 aliphatic carbocycles. The van der Waals surface area contributed by atoms with Crippen LogP contribution in [0.1, 0.15) is 11.1 Å². The van der Waals surface area contributed by atoms with Gasteiger partial charge in [-0.15, -0.1) is 0 Å². The highest BCUT2D eigenvalue weighted by Gasteiger charge is 2.30. The summed E-state index contributed by atoms with van der Waals surface area (Å²) in [6.45, 7) is 0. The van der Waals surface area contributed by atoms with E-state index in [1.807, 2.05) is 40.9 Å². The molecule has 5 aromatic rings. The molecule has 1 amide bonds. The second kappa shape index (κ2) is 9.21. The summed E-state index contributed by atoms with van der Waals surface area (Å²) in [6, 6.07) is 15.3. The molecule has 0 saturated carbocycles. The largest absolute Gasteiger partial charge is 0.416 e. The normalized spacial score (nSPS) is 11.6. The Morgan fingerprint density at radius 1 is 0.917 bits per heavy atom. The fourth-order valence-electron chi connectivity index (χ4n) is 3.77. The third-order valence-electron chi connectivity index (χ3n) is 5.53.